The van der Waals surface area contributed by atoms with Crippen LogP contribution in [-0.2, 0) is 0 Å². The number of aromatic amines is 1. The molecule has 6 heteroatoms. The molecule has 21 heavy (non-hydrogen) atoms. The molecular weight excluding hydrogens is 268 g/mol. The highest BCUT2D eigenvalue weighted by molar-refractivity contribution is 5.96. The smallest absolute Gasteiger partial charge is 0.259 e. The van der Waals surface area contributed by atoms with E-state index in [-0.39, 0.29) is 11.9 Å². The van der Waals surface area contributed by atoms with Gasteiger partial charge in [0.1, 0.15) is 5.56 Å². The van der Waals surface area contributed by atoms with E-state index in [4.69, 9.17) is 4.74 Å². The van der Waals surface area contributed by atoms with Gasteiger partial charge in [-0.15, -0.1) is 0 Å². The molecule has 0 saturated heterocycles. The lowest BCUT2D eigenvalue weighted by molar-refractivity contribution is 0.0738. The Morgan fingerprint density at radius 2 is 2.14 bits per heavy atom. The summed E-state index contributed by atoms with van der Waals surface area (Å²) in [5, 5.41) is 7.13. The minimum Gasteiger partial charge on any atom is -0.480 e. The highest BCUT2D eigenvalue weighted by atomic mass is 16.5. The fraction of sp³-hybridized carbons (Fsp3) is 0.400. The van der Waals surface area contributed by atoms with Crippen LogP contribution < -0.4 is 4.74 Å². The molecule has 6 nitrogen and oxygen atoms in total. The summed E-state index contributed by atoms with van der Waals surface area (Å²) < 4.78 is 5.16. The Morgan fingerprint density at radius 1 is 1.43 bits per heavy atom. The van der Waals surface area contributed by atoms with E-state index in [1.165, 1.54) is 7.11 Å². The number of methoxy groups -OCH3 is 1. The van der Waals surface area contributed by atoms with E-state index in [1.54, 1.807) is 30.3 Å². The summed E-state index contributed by atoms with van der Waals surface area (Å²) in [5.74, 6) is 0.203. The zero-order valence-electron chi connectivity index (χ0n) is 13.0. The molecule has 1 atom stereocenters. The van der Waals surface area contributed by atoms with Crippen molar-refractivity contribution in [2.75, 3.05) is 14.2 Å². The Kier molecular flexibility index (Phi) is 4.26. The van der Waals surface area contributed by atoms with Crippen molar-refractivity contribution in [2.24, 2.45) is 0 Å². The molecule has 0 bridgehead atoms. The second-order valence-corrected chi connectivity index (χ2v) is 5.00. The zero-order chi connectivity index (χ0) is 15.6. The van der Waals surface area contributed by atoms with Crippen molar-refractivity contribution in [3.63, 3.8) is 0 Å². The van der Waals surface area contributed by atoms with Gasteiger partial charge in [-0.2, -0.15) is 5.10 Å². The average molecular weight is 288 g/mol. The van der Waals surface area contributed by atoms with Crippen LogP contribution in [0.1, 0.15) is 40.3 Å². The van der Waals surface area contributed by atoms with E-state index in [2.05, 4.69) is 15.2 Å². The third kappa shape index (κ3) is 2.74. The molecule has 0 radical (unpaired) electrons. The number of ether oxygens (including phenoxy) is 1. The third-order valence-corrected chi connectivity index (χ3v) is 3.70. The monoisotopic (exact) mass is 288 g/mol. The second-order valence-electron chi connectivity index (χ2n) is 5.00. The molecule has 2 aromatic heterocycles. The lowest BCUT2D eigenvalue weighted by Crippen LogP contribution is -2.30. The van der Waals surface area contributed by atoms with Crippen LogP contribution in [0.5, 0.6) is 5.88 Å². The van der Waals surface area contributed by atoms with Crippen LogP contribution in [0.3, 0.4) is 0 Å². The average Bonchev–Trinajstić information content (AvgIpc) is 2.84. The summed E-state index contributed by atoms with van der Waals surface area (Å²) in [5.41, 5.74) is 3.36. The Balaban J connectivity index is 2.31. The number of carbonyl (C=O) groups is 1. The predicted molar refractivity (Wildman–Crippen MR) is 79.4 cm³/mol. The van der Waals surface area contributed by atoms with Crippen molar-refractivity contribution in [1.82, 2.24) is 20.1 Å². The second kappa shape index (κ2) is 5.95. The lowest BCUT2D eigenvalue weighted by atomic mass is 10.0. The van der Waals surface area contributed by atoms with Gasteiger partial charge < -0.3 is 9.64 Å². The number of nitrogens with zero attached hydrogens (tertiary/aromatic N) is 3. The number of rotatable bonds is 4. The van der Waals surface area contributed by atoms with Gasteiger partial charge in [0, 0.05) is 24.5 Å². The van der Waals surface area contributed by atoms with E-state index in [0.29, 0.717) is 11.4 Å². The first kappa shape index (κ1) is 15.0. The largest absolute Gasteiger partial charge is 0.480 e. The highest BCUT2D eigenvalue weighted by Gasteiger charge is 2.25. The van der Waals surface area contributed by atoms with Crippen molar-refractivity contribution < 1.29 is 9.53 Å². The standard InChI is InChI=1S/C15H20N4O2/c1-9-13(10(2)18-17-9)11(3)19(4)15(20)12-7-6-8-16-14(12)21-5/h6-8,11H,1-5H3,(H,17,18). The van der Waals surface area contributed by atoms with E-state index in [1.807, 2.05) is 20.8 Å². The number of aryl methyl sites for hydroxylation is 2. The summed E-state index contributed by atoms with van der Waals surface area (Å²) in [6, 6.07) is 3.34. The maximum Gasteiger partial charge on any atom is 0.259 e. The quantitative estimate of drug-likeness (QED) is 0.936. The molecule has 2 rings (SSSR count). The molecular formula is C15H20N4O2. The van der Waals surface area contributed by atoms with Crippen LogP contribution in [0.25, 0.3) is 0 Å². The molecule has 112 valence electrons. The van der Waals surface area contributed by atoms with Gasteiger partial charge in [-0.25, -0.2) is 4.98 Å². The van der Waals surface area contributed by atoms with Crippen LogP contribution in [0.4, 0.5) is 0 Å². The van der Waals surface area contributed by atoms with Crippen molar-refractivity contribution >= 4 is 5.91 Å². The van der Waals surface area contributed by atoms with Gasteiger partial charge in [0.05, 0.1) is 18.8 Å². The lowest BCUT2D eigenvalue weighted by Gasteiger charge is -2.26. The van der Waals surface area contributed by atoms with E-state index >= 15 is 0 Å². The normalized spacial score (nSPS) is 12.0. The first-order valence-electron chi connectivity index (χ1n) is 6.75. The minimum atomic E-state index is -0.132. The van der Waals surface area contributed by atoms with Gasteiger partial charge in [0.2, 0.25) is 5.88 Å². The fourth-order valence-corrected chi connectivity index (χ4v) is 2.45. The highest BCUT2D eigenvalue weighted by Crippen LogP contribution is 2.26. The minimum absolute atomic E-state index is 0.0961. The first-order chi connectivity index (χ1) is 9.97. The maximum atomic E-state index is 12.7. The fourth-order valence-electron chi connectivity index (χ4n) is 2.45. The molecule has 0 saturated carbocycles. The molecule has 1 amide bonds. The van der Waals surface area contributed by atoms with Crippen molar-refractivity contribution in [1.29, 1.82) is 0 Å². The third-order valence-electron chi connectivity index (χ3n) is 3.70. The number of aromatic nitrogens is 3. The molecule has 0 aliphatic carbocycles. The number of hydrogen-bond donors (Lipinski definition) is 1. The summed E-state index contributed by atoms with van der Waals surface area (Å²) >= 11 is 0. The molecule has 0 spiro atoms. The molecule has 2 aromatic rings. The molecule has 1 unspecified atom stereocenters. The zero-order valence-corrected chi connectivity index (χ0v) is 13.0. The molecule has 2 heterocycles. The number of H-pyrrole nitrogens is 1. The van der Waals surface area contributed by atoms with E-state index < -0.39 is 0 Å². The Morgan fingerprint density at radius 3 is 2.71 bits per heavy atom. The van der Waals surface area contributed by atoms with Gasteiger partial charge in [0.25, 0.3) is 5.91 Å². The number of hydrogen-bond acceptors (Lipinski definition) is 4. The van der Waals surface area contributed by atoms with Gasteiger partial charge in [-0.3, -0.25) is 9.89 Å². The van der Waals surface area contributed by atoms with Crippen molar-refractivity contribution in [3.05, 3.63) is 40.8 Å². The molecule has 0 aromatic carbocycles. The Bertz CT molecular complexity index is 631. The van der Waals surface area contributed by atoms with Gasteiger partial charge >= 0.3 is 0 Å². The van der Waals surface area contributed by atoms with Crippen LogP contribution in [0.2, 0.25) is 0 Å². The number of pyridine rings is 1. The molecule has 1 N–H and O–H groups in total. The SMILES string of the molecule is COc1ncccc1C(=O)N(C)C(C)c1c(C)n[nH]c1C. The summed E-state index contributed by atoms with van der Waals surface area (Å²) in [7, 11) is 3.28. The first-order valence-corrected chi connectivity index (χ1v) is 6.75. The Hall–Kier alpha value is -2.37. The molecule has 0 aliphatic rings. The number of carbonyl (C=O) groups excluding carboxylic acids is 1. The van der Waals surface area contributed by atoms with Crippen LogP contribution in [0.15, 0.2) is 18.3 Å². The predicted octanol–water partition coefficient (Wildman–Crippen LogP) is 2.26. The van der Waals surface area contributed by atoms with Gasteiger partial charge in [-0.05, 0) is 32.9 Å². The van der Waals surface area contributed by atoms with Gasteiger partial charge in [0.15, 0.2) is 0 Å². The van der Waals surface area contributed by atoms with E-state index in [9.17, 15) is 4.79 Å². The van der Waals surface area contributed by atoms with Crippen LogP contribution in [0, 0.1) is 13.8 Å². The van der Waals surface area contributed by atoms with Crippen molar-refractivity contribution in [2.45, 2.75) is 26.8 Å². The van der Waals surface area contributed by atoms with Crippen LogP contribution >= 0.6 is 0 Å². The van der Waals surface area contributed by atoms with Gasteiger partial charge in [-0.1, -0.05) is 0 Å². The van der Waals surface area contributed by atoms with Crippen molar-refractivity contribution in [3.8, 4) is 5.88 Å². The maximum absolute atomic E-state index is 12.7. The Labute approximate surface area is 124 Å². The summed E-state index contributed by atoms with van der Waals surface area (Å²) in [6.07, 6.45) is 1.60. The molecule has 0 aliphatic heterocycles. The van der Waals surface area contributed by atoms with Crippen LogP contribution in [-0.4, -0.2) is 40.1 Å². The summed E-state index contributed by atoms with van der Waals surface area (Å²) in [4.78, 5) is 18.4. The number of nitrogens with one attached hydrogen (secondary N) is 1. The number of amides is 1. The topological polar surface area (TPSA) is 71.1 Å². The molecule has 0 fully saturated rings. The van der Waals surface area contributed by atoms with E-state index in [0.717, 1.165) is 17.0 Å². The summed E-state index contributed by atoms with van der Waals surface area (Å²) in [6.45, 7) is 5.86.